The number of para-hydroxylation sites is 1. The second-order valence-electron chi connectivity index (χ2n) is 13.6. The lowest BCUT2D eigenvalue weighted by Crippen LogP contribution is -2.10. The van der Waals surface area contributed by atoms with Crippen molar-refractivity contribution >= 4 is 81.3 Å². The van der Waals surface area contributed by atoms with E-state index in [1.165, 1.54) is 20.2 Å². The molecule has 6 heteroatoms. The Morgan fingerprint density at radius 2 is 1.04 bits per heavy atom. The van der Waals surface area contributed by atoms with Gasteiger partial charge in [-0.2, -0.15) is 0 Å². The van der Waals surface area contributed by atoms with Gasteiger partial charge in [0.15, 0.2) is 17.5 Å². The van der Waals surface area contributed by atoms with Gasteiger partial charge in [0.2, 0.25) is 0 Å². The lowest BCUT2D eigenvalue weighted by molar-refractivity contribution is 0.670. The molecule has 3 heterocycles. The monoisotopic (exact) mass is 722 g/mol. The SMILES string of the molecule is c1ccc(-c2nc(-c3ccccc3)nc(-c3ccc(N(c4ccccc4)c4ccc5c(c4)sc4ccccc45)c4c3oc3cc5ccccc5cc34)n2)cc1. The first kappa shape index (κ1) is 31.4. The number of fused-ring (bicyclic) bond motifs is 7. The molecule has 0 amide bonds. The van der Waals surface area contributed by atoms with Crippen molar-refractivity contribution in [3.8, 4) is 34.2 Å². The molecule has 0 bridgehead atoms. The number of thiophene rings is 1. The van der Waals surface area contributed by atoms with Gasteiger partial charge in [-0.15, -0.1) is 11.3 Å². The van der Waals surface area contributed by atoms with Crippen LogP contribution in [0.5, 0.6) is 0 Å². The Balaban J connectivity index is 1.21. The van der Waals surface area contributed by atoms with Crippen LogP contribution in [-0.2, 0) is 0 Å². The molecule has 5 nitrogen and oxygen atoms in total. The van der Waals surface area contributed by atoms with Gasteiger partial charge in [-0.25, -0.2) is 15.0 Å². The second-order valence-corrected chi connectivity index (χ2v) is 14.7. The summed E-state index contributed by atoms with van der Waals surface area (Å²) in [7, 11) is 0. The summed E-state index contributed by atoms with van der Waals surface area (Å²) in [4.78, 5) is 17.6. The Labute approximate surface area is 320 Å². The molecule has 0 N–H and O–H groups in total. The predicted octanol–water partition coefficient (Wildman–Crippen LogP) is 13.8. The average molecular weight is 723 g/mol. The third kappa shape index (κ3) is 5.34. The molecule has 0 radical (unpaired) electrons. The summed E-state index contributed by atoms with van der Waals surface area (Å²) in [5.41, 5.74) is 7.26. The molecule has 0 aliphatic heterocycles. The molecule has 0 spiro atoms. The van der Waals surface area contributed by atoms with Crippen LogP contribution < -0.4 is 4.90 Å². The first-order valence-corrected chi connectivity index (χ1v) is 19.1. The van der Waals surface area contributed by atoms with E-state index in [4.69, 9.17) is 19.4 Å². The molecule has 3 aromatic heterocycles. The Morgan fingerprint density at radius 1 is 0.436 bits per heavy atom. The van der Waals surface area contributed by atoms with Crippen molar-refractivity contribution in [2.24, 2.45) is 0 Å². The highest BCUT2D eigenvalue weighted by atomic mass is 32.1. The maximum atomic E-state index is 6.98. The molecule has 55 heavy (non-hydrogen) atoms. The highest BCUT2D eigenvalue weighted by Crippen LogP contribution is 2.47. The van der Waals surface area contributed by atoms with E-state index >= 15 is 0 Å². The summed E-state index contributed by atoms with van der Waals surface area (Å²) in [5, 5.41) is 6.81. The summed E-state index contributed by atoms with van der Waals surface area (Å²) in [6, 6.07) is 63.3. The number of anilines is 3. The van der Waals surface area contributed by atoms with E-state index in [-0.39, 0.29) is 0 Å². The standard InChI is InChI=1S/C49H30N4OS/c1-4-14-31(15-5-1)47-50-48(32-16-6-2-7-17-32)52-49(51-47)39-26-27-41(45-40-28-33-18-10-11-19-34(33)29-42(40)54-46(39)45)53(35-20-8-3-9-21-35)36-24-25-38-37-22-12-13-23-43(37)55-44(38)30-36/h1-30H. The van der Waals surface area contributed by atoms with Crippen LogP contribution in [0.3, 0.4) is 0 Å². The Morgan fingerprint density at radius 3 is 1.76 bits per heavy atom. The van der Waals surface area contributed by atoms with E-state index in [1.54, 1.807) is 0 Å². The number of hydrogen-bond acceptors (Lipinski definition) is 6. The predicted molar refractivity (Wildman–Crippen MR) is 228 cm³/mol. The zero-order valence-electron chi connectivity index (χ0n) is 29.4. The summed E-state index contributed by atoms with van der Waals surface area (Å²) in [5.74, 6) is 1.75. The van der Waals surface area contributed by atoms with Crippen molar-refractivity contribution in [1.82, 2.24) is 15.0 Å². The fraction of sp³-hybridized carbons (Fsp3) is 0. The van der Waals surface area contributed by atoms with E-state index in [9.17, 15) is 0 Å². The van der Waals surface area contributed by atoms with Crippen molar-refractivity contribution in [2.75, 3.05) is 4.90 Å². The fourth-order valence-electron chi connectivity index (χ4n) is 7.70. The van der Waals surface area contributed by atoms with Crippen LogP contribution >= 0.6 is 11.3 Å². The van der Waals surface area contributed by atoms with Crippen LogP contribution in [0.25, 0.3) is 87.0 Å². The van der Waals surface area contributed by atoms with Gasteiger partial charge in [0.1, 0.15) is 11.2 Å². The van der Waals surface area contributed by atoms with E-state index < -0.39 is 0 Å². The molecule has 8 aromatic carbocycles. The molecular formula is C49H30N4OS. The number of aromatic nitrogens is 3. The highest BCUT2D eigenvalue weighted by molar-refractivity contribution is 7.25. The second kappa shape index (κ2) is 12.8. The van der Waals surface area contributed by atoms with Crippen molar-refractivity contribution in [2.45, 2.75) is 0 Å². The third-order valence-electron chi connectivity index (χ3n) is 10.3. The maximum Gasteiger partial charge on any atom is 0.167 e. The number of furan rings is 1. The minimum Gasteiger partial charge on any atom is -0.455 e. The molecule has 0 aliphatic rings. The lowest BCUT2D eigenvalue weighted by atomic mass is 10.0. The smallest absolute Gasteiger partial charge is 0.167 e. The zero-order chi connectivity index (χ0) is 36.3. The molecule has 11 rings (SSSR count). The van der Waals surface area contributed by atoms with E-state index in [1.807, 2.05) is 72.0 Å². The van der Waals surface area contributed by atoms with Crippen molar-refractivity contribution in [1.29, 1.82) is 0 Å². The van der Waals surface area contributed by atoms with Crippen LogP contribution in [-0.4, -0.2) is 15.0 Å². The topological polar surface area (TPSA) is 55.1 Å². The number of hydrogen-bond donors (Lipinski definition) is 0. The van der Waals surface area contributed by atoms with Crippen LogP contribution in [0.4, 0.5) is 17.1 Å². The molecular weight excluding hydrogens is 693 g/mol. The van der Waals surface area contributed by atoms with Crippen LogP contribution in [0.2, 0.25) is 0 Å². The van der Waals surface area contributed by atoms with Gasteiger partial charge < -0.3 is 9.32 Å². The minimum absolute atomic E-state index is 0.547. The quantitative estimate of drug-likeness (QED) is 0.171. The Kier molecular flexibility index (Phi) is 7.28. The normalized spacial score (nSPS) is 11.6. The first-order valence-electron chi connectivity index (χ1n) is 18.3. The van der Waals surface area contributed by atoms with Crippen molar-refractivity contribution < 1.29 is 4.42 Å². The fourth-order valence-corrected chi connectivity index (χ4v) is 8.84. The van der Waals surface area contributed by atoms with Gasteiger partial charge >= 0.3 is 0 Å². The Bertz CT molecular complexity index is 3150. The summed E-state index contributed by atoms with van der Waals surface area (Å²) < 4.78 is 9.50. The largest absolute Gasteiger partial charge is 0.455 e. The zero-order valence-corrected chi connectivity index (χ0v) is 30.2. The highest BCUT2D eigenvalue weighted by Gasteiger charge is 2.25. The molecule has 0 aliphatic carbocycles. The van der Waals surface area contributed by atoms with Crippen LogP contribution in [0, 0.1) is 0 Å². The summed E-state index contributed by atoms with van der Waals surface area (Å²) >= 11 is 1.82. The van der Waals surface area contributed by atoms with Crippen LogP contribution in [0.15, 0.2) is 186 Å². The minimum atomic E-state index is 0.547. The van der Waals surface area contributed by atoms with E-state index in [2.05, 4.69) is 126 Å². The molecule has 258 valence electrons. The van der Waals surface area contributed by atoms with Crippen LogP contribution in [0.1, 0.15) is 0 Å². The van der Waals surface area contributed by atoms with Gasteiger partial charge in [-0.05, 0) is 65.4 Å². The number of rotatable bonds is 6. The molecule has 0 unspecified atom stereocenters. The Hall–Kier alpha value is -7.15. The van der Waals surface area contributed by atoms with Gasteiger partial charge in [-0.1, -0.05) is 127 Å². The molecule has 0 atom stereocenters. The maximum absolute atomic E-state index is 6.98. The lowest BCUT2D eigenvalue weighted by Gasteiger charge is -2.26. The molecule has 0 saturated carbocycles. The average Bonchev–Trinajstić information content (AvgIpc) is 3.82. The first-order chi connectivity index (χ1) is 27.2. The molecule has 11 aromatic rings. The van der Waals surface area contributed by atoms with Crippen molar-refractivity contribution in [3.05, 3.63) is 182 Å². The summed E-state index contributed by atoms with van der Waals surface area (Å²) in [6.07, 6.45) is 0. The van der Waals surface area contributed by atoms with Gasteiger partial charge in [0.05, 0.1) is 16.6 Å². The van der Waals surface area contributed by atoms with Gasteiger partial charge in [0, 0.05) is 48.1 Å². The third-order valence-corrected chi connectivity index (χ3v) is 11.4. The van der Waals surface area contributed by atoms with Gasteiger partial charge in [0.25, 0.3) is 0 Å². The molecule has 0 fully saturated rings. The van der Waals surface area contributed by atoms with E-state index in [0.29, 0.717) is 17.5 Å². The number of nitrogens with zero attached hydrogens (tertiary/aromatic N) is 4. The summed E-state index contributed by atoms with van der Waals surface area (Å²) in [6.45, 7) is 0. The van der Waals surface area contributed by atoms with Gasteiger partial charge in [-0.3, -0.25) is 0 Å². The van der Waals surface area contributed by atoms with E-state index in [0.717, 1.165) is 66.5 Å². The number of benzene rings is 8. The molecule has 0 saturated heterocycles. The van der Waals surface area contributed by atoms with Crippen molar-refractivity contribution in [3.63, 3.8) is 0 Å².